The van der Waals surface area contributed by atoms with E-state index in [0.717, 1.165) is 0 Å². The van der Waals surface area contributed by atoms with E-state index in [1.807, 2.05) is 0 Å². The van der Waals surface area contributed by atoms with Crippen LogP contribution < -0.4 is 9.47 Å². The Labute approximate surface area is 170 Å². The first-order valence-corrected chi connectivity index (χ1v) is 9.16. The Morgan fingerprint density at radius 2 is 1.75 bits per heavy atom. The van der Waals surface area contributed by atoms with Crippen LogP contribution >= 0.6 is 23.2 Å². The van der Waals surface area contributed by atoms with E-state index >= 15 is 0 Å². The molecule has 4 rings (SSSR count). The first-order chi connectivity index (χ1) is 13.5. The van der Waals surface area contributed by atoms with Gasteiger partial charge < -0.3 is 9.47 Å². The molecule has 3 aromatic rings. The molecule has 1 heterocycles. The predicted octanol–water partition coefficient (Wildman–Crippen LogP) is 6.33. The summed E-state index contributed by atoms with van der Waals surface area (Å²) in [7, 11) is 0. The molecule has 140 valence electrons. The monoisotopic (exact) mass is 414 g/mol. The van der Waals surface area contributed by atoms with Crippen LogP contribution in [0.2, 0.25) is 10.0 Å². The Hall–Kier alpha value is -2.82. The Kier molecular flexibility index (Phi) is 5.07. The zero-order valence-corrected chi connectivity index (χ0v) is 15.9. The predicted molar refractivity (Wildman–Crippen MR) is 107 cm³/mol. The minimum Gasteiger partial charge on any atom is -0.489 e. The molecule has 3 aromatic carbocycles. The average molecular weight is 415 g/mol. The molecule has 0 bridgehead atoms. The van der Waals surface area contributed by atoms with Gasteiger partial charge in [0, 0.05) is 21.7 Å². The Balaban J connectivity index is 1.55. The van der Waals surface area contributed by atoms with Crippen molar-refractivity contribution >= 4 is 35.1 Å². The number of carbonyl (C=O) groups is 1. The molecule has 6 heteroatoms. The van der Waals surface area contributed by atoms with Gasteiger partial charge in [-0.1, -0.05) is 41.4 Å². The number of Topliss-reactive ketones (excluding diaryl/α,β-unsaturated/α-hetero) is 1. The van der Waals surface area contributed by atoms with Gasteiger partial charge in [0.2, 0.25) is 5.78 Å². The zero-order chi connectivity index (χ0) is 19.7. The number of ether oxygens (including phenoxy) is 2. The van der Waals surface area contributed by atoms with Crippen molar-refractivity contribution in [3.8, 4) is 11.5 Å². The molecule has 0 saturated heterocycles. The number of ketones is 1. The van der Waals surface area contributed by atoms with Gasteiger partial charge in [0.25, 0.3) is 0 Å². The van der Waals surface area contributed by atoms with Gasteiger partial charge in [-0.05, 0) is 48.0 Å². The second kappa shape index (κ2) is 7.66. The number of hydrogen-bond donors (Lipinski definition) is 0. The molecule has 28 heavy (non-hydrogen) atoms. The summed E-state index contributed by atoms with van der Waals surface area (Å²) in [5.41, 5.74) is 1.64. The molecule has 0 aromatic heterocycles. The van der Waals surface area contributed by atoms with E-state index in [4.69, 9.17) is 32.7 Å². The Bertz CT molecular complexity index is 1090. The van der Waals surface area contributed by atoms with Gasteiger partial charge in [0.05, 0.1) is 5.56 Å². The maximum Gasteiger partial charge on any atom is 0.231 e. The van der Waals surface area contributed by atoms with Crippen molar-refractivity contribution in [2.75, 3.05) is 0 Å². The quantitative estimate of drug-likeness (QED) is 0.468. The fraction of sp³-hybridized carbons (Fsp3) is 0.0455. The summed E-state index contributed by atoms with van der Waals surface area (Å²) in [5, 5.41) is 0.845. The van der Waals surface area contributed by atoms with Crippen molar-refractivity contribution in [2.45, 2.75) is 6.61 Å². The highest BCUT2D eigenvalue weighted by molar-refractivity contribution is 6.37. The smallest absolute Gasteiger partial charge is 0.231 e. The second-order valence-corrected chi connectivity index (χ2v) is 6.97. The lowest BCUT2D eigenvalue weighted by Crippen LogP contribution is -1.98. The maximum atomic E-state index is 13.3. The van der Waals surface area contributed by atoms with Crippen molar-refractivity contribution in [3.63, 3.8) is 0 Å². The summed E-state index contributed by atoms with van der Waals surface area (Å²) >= 11 is 12.3. The van der Waals surface area contributed by atoms with E-state index in [0.29, 0.717) is 38.2 Å². The maximum absolute atomic E-state index is 13.3. The molecule has 0 atom stereocenters. The number of hydrogen-bond acceptors (Lipinski definition) is 3. The van der Waals surface area contributed by atoms with Crippen LogP contribution in [0.25, 0.3) is 6.08 Å². The first-order valence-electron chi connectivity index (χ1n) is 8.41. The number of rotatable bonds is 4. The third-order valence-corrected chi connectivity index (χ3v) is 4.87. The van der Waals surface area contributed by atoms with E-state index in [1.54, 1.807) is 48.5 Å². The van der Waals surface area contributed by atoms with Crippen LogP contribution in [0.3, 0.4) is 0 Å². The van der Waals surface area contributed by atoms with E-state index in [1.165, 1.54) is 18.2 Å². The third kappa shape index (κ3) is 3.75. The molecular formula is C22H13Cl2FO3. The first kappa shape index (κ1) is 18.5. The minimum absolute atomic E-state index is 0.132. The molecule has 1 aliphatic heterocycles. The zero-order valence-electron chi connectivity index (χ0n) is 14.4. The molecule has 0 aliphatic carbocycles. The van der Waals surface area contributed by atoms with E-state index in [9.17, 15) is 9.18 Å². The molecule has 0 saturated carbocycles. The SMILES string of the molecule is O=C1/C(=C/c2c(Cl)cccc2Cl)Oc2cc(OCc3cccc(F)c3)ccc21. The number of halogens is 3. The van der Waals surface area contributed by atoms with E-state index in [2.05, 4.69) is 0 Å². The highest BCUT2D eigenvalue weighted by Crippen LogP contribution is 2.36. The highest BCUT2D eigenvalue weighted by Gasteiger charge is 2.28. The fourth-order valence-corrected chi connectivity index (χ4v) is 3.34. The van der Waals surface area contributed by atoms with Crippen molar-refractivity contribution < 1.29 is 18.7 Å². The van der Waals surface area contributed by atoms with Crippen molar-refractivity contribution in [3.05, 3.63) is 99.0 Å². The largest absolute Gasteiger partial charge is 0.489 e. The van der Waals surface area contributed by atoms with Crippen LogP contribution in [0, 0.1) is 5.82 Å². The molecule has 3 nitrogen and oxygen atoms in total. The van der Waals surface area contributed by atoms with Gasteiger partial charge in [-0.15, -0.1) is 0 Å². The van der Waals surface area contributed by atoms with Gasteiger partial charge in [-0.2, -0.15) is 0 Å². The Morgan fingerprint density at radius 1 is 1.00 bits per heavy atom. The van der Waals surface area contributed by atoms with Gasteiger partial charge in [-0.3, -0.25) is 4.79 Å². The van der Waals surface area contributed by atoms with Crippen molar-refractivity contribution in [1.82, 2.24) is 0 Å². The van der Waals surface area contributed by atoms with Crippen molar-refractivity contribution in [1.29, 1.82) is 0 Å². The van der Waals surface area contributed by atoms with Gasteiger partial charge in [-0.25, -0.2) is 4.39 Å². The summed E-state index contributed by atoms with van der Waals surface area (Å²) in [6.07, 6.45) is 1.53. The number of benzene rings is 3. The Morgan fingerprint density at radius 3 is 2.50 bits per heavy atom. The lowest BCUT2D eigenvalue weighted by Gasteiger charge is -2.07. The van der Waals surface area contributed by atoms with Crippen LogP contribution in [-0.4, -0.2) is 5.78 Å². The lowest BCUT2D eigenvalue weighted by molar-refractivity contribution is 0.101. The standard InChI is InChI=1S/C22H13Cl2FO3/c23-18-5-2-6-19(24)17(18)11-21-22(26)16-8-7-15(10-20(16)28-21)27-12-13-3-1-4-14(25)9-13/h1-11H,12H2/b21-11-. The van der Waals surface area contributed by atoms with Crippen molar-refractivity contribution in [2.24, 2.45) is 0 Å². The van der Waals surface area contributed by atoms with Crippen LogP contribution in [0.15, 0.2) is 66.4 Å². The summed E-state index contributed by atoms with van der Waals surface area (Å²) in [6, 6.07) is 16.2. The lowest BCUT2D eigenvalue weighted by atomic mass is 10.1. The van der Waals surface area contributed by atoms with Crippen LogP contribution in [0.5, 0.6) is 11.5 Å². The molecule has 1 aliphatic rings. The minimum atomic E-state index is -0.322. The van der Waals surface area contributed by atoms with Gasteiger partial charge >= 0.3 is 0 Å². The normalized spacial score (nSPS) is 14.1. The van der Waals surface area contributed by atoms with Gasteiger partial charge in [0.1, 0.15) is 23.9 Å². The molecule has 0 unspecified atom stereocenters. The molecule has 0 radical (unpaired) electrons. The molecular weight excluding hydrogens is 402 g/mol. The topological polar surface area (TPSA) is 35.5 Å². The van der Waals surface area contributed by atoms with Crippen LogP contribution in [0.1, 0.15) is 21.5 Å². The highest BCUT2D eigenvalue weighted by atomic mass is 35.5. The molecule has 0 N–H and O–H groups in total. The van der Waals surface area contributed by atoms with E-state index in [-0.39, 0.29) is 24.0 Å². The van der Waals surface area contributed by atoms with Gasteiger partial charge in [0.15, 0.2) is 5.76 Å². The average Bonchev–Trinajstić information content (AvgIpc) is 2.98. The molecule has 0 spiro atoms. The number of carbonyl (C=O) groups excluding carboxylic acids is 1. The number of fused-ring (bicyclic) bond motifs is 1. The fourth-order valence-electron chi connectivity index (χ4n) is 2.83. The van der Waals surface area contributed by atoms with Crippen LogP contribution in [-0.2, 0) is 6.61 Å². The number of allylic oxidation sites excluding steroid dienone is 1. The summed E-state index contributed by atoms with van der Waals surface area (Å²) in [5.74, 6) is 0.441. The molecule has 0 amide bonds. The molecule has 0 fully saturated rings. The summed E-state index contributed by atoms with van der Waals surface area (Å²) < 4.78 is 24.6. The second-order valence-electron chi connectivity index (χ2n) is 6.15. The van der Waals surface area contributed by atoms with Crippen LogP contribution in [0.4, 0.5) is 4.39 Å². The summed E-state index contributed by atoms with van der Waals surface area (Å²) in [6.45, 7) is 0.197. The summed E-state index contributed by atoms with van der Waals surface area (Å²) in [4.78, 5) is 12.6. The third-order valence-electron chi connectivity index (χ3n) is 4.21. The van der Waals surface area contributed by atoms with E-state index < -0.39 is 0 Å².